The van der Waals surface area contributed by atoms with Crippen LogP contribution in [-0.4, -0.2) is 24.8 Å². The Labute approximate surface area is 126 Å². The molecular weight excluding hydrogens is 266 g/mol. The van der Waals surface area contributed by atoms with Gasteiger partial charge in [-0.1, -0.05) is 13.8 Å². The summed E-state index contributed by atoms with van der Waals surface area (Å²) in [6, 6.07) is 7.03. The summed E-state index contributed by atoms with van der Waals surface area (Å²) in [6.45, 7) is 7.41. The summed E-state index contributed by atoms with van der Waals surface area (Å²) in [7, 11) is 0. The highest BCUT2D eigenvalue weighted by atomic mass is 16.5. The van der Waals surface area contributed by atoms with Crippen LogP contribution in [0.4, 0.5) is 0 Å². The first kappa shape index (κ1) is 17.2. The molecule has 4 heteroatoms. The second-order valence-electron chi connectivity index (χ2n) is 5.41. The number of benzene rings is 1. The number of rotatable bonds is 9. The molecule has 0 radical (unpaired) electrons. The normalized spacial score (nSPS) is 10.5. The van der Waals surface area contributed by atoms with Crippen LogP contribution in [0.25, 0.3) is 0 Å². The summed E-state index contributed by atoms with van der Waals surface area (Å²) < 4.78 is 5.33. The van der Waals surface area contributed by atoms with Crippen LogP contribution in [0, 0.1) is 5.92 Å². The summed E-state index contributed by atoms with van der Waals surface area (Å²) in [5.41, 5.74) is 0.619. The minimum absolute atomic E-state index is 0.0166. The topological polar surface area (TPSA) is 55.4 Å². The minimum atomic E-state index is -0.0602. The van der Waals surface area contributed by atoms with E-state index in [1.807, 2.05) is 6.92 Å². The average molecular weight is 291 g/mol. The molecule has 1 aromatic carbocycles. The zero-order valence-corrected chi connectivity index (χ0v) is 13.1. The van der Waals surface area contributed by atoms with E-state index < -0.39 is 0 Å². The molecule has 1 N–H and O–H groups in total. The van der Waals surface area contributed by atoms with Crippen LogP contribution >= 0.6 is 0 Å². The van der Waals surface area contributed by atoms with Gasteiger partial charge in [0.1, 0.15) is 5.75 Å². The van der Waals surface area contributed by atoms with Gasteiger partial charge in [0.25, 0.3) is 0 Å². The molecule has 116 valence electrons. The first-order valence-electron chi connectivity index (χ1n) is 7.55. The molecule has 0 aliphatic carbocycles. The van der Waals surface area contributed by atoms with E-state index in [-0.39, 0.29) is 24.5 Å². The van der Waals surface area contributed by atoms with Crippen molar-refractivity contribution in [3.8, 4) is 5.75 Å². The fourth-order valence-corrected chi connectivity index (χ4v) is 1.86. The molecule has 0 aromatic heterocycles. The summed E-state index contributed by atoms with van der Waals surface area (Å²) in [6.07, 6.45) is 1.43. The Hall–Kier alpha value is -1.84. The van der Waals surface area contributed by atoms with Crippen LogP contribution in [0.15, 0.2) is 24.3 Å². The molecule has 0 heterocycles. The zero-order valence-electron chi connectivity index (χ0n) is 13.1. The van der Waals surface area contributed by atoms with Crippen molar-refractivity contribution in [2.24, 2.45) is 5.92 Å². The van der Waals surface area contributed by atoms with Gasteiger partial charge in [-0.2, -0.15) is 0 Å². The number of amides is 1. The Morgan fingerprint density at radius 2 is 1.81 bits per heavy atom. The molecule has 0 aliphatic heterocycles. The molecule has 0 atom stereocenters. The van der Waals surface area contributed by atoms with Crippen LogP contribution < -0.4 is 10.1 Å². The average Bonchev–Trinajstić information content (AvgIpc) is 2.45. The van der Waals surface area contributed by atoms with Crippen molar-refractivity contribution >= 4 is 11.7 Å². The summed E-state index contributed by atoms with van der Waals surface area (Å²) in [4.78, 5) is 23.6. The largest absolute Gasteiger partial charge is 0.494 e. The van der Waals surface area contributed by atoms with Crippen molar-refractivity contribution in [1.82, 2.24) is 5.32 Å². The first-order valence-corrected chi connectivity index (χ1v) is 7.55. The van der Waals surface area contributed by atoms with Crippen molar-refractivity contribution < 1.29 is 14.3 Å². The van der Waals surface area contributed by atoms with Gasteiger partial charge in [0.05, 0.1) is 6.61 Å². The second kappa shape index (κ2) is 9.16. The number of hydrogen-bond donors (Lipinski definition) is 1. The number of ketones is 1. The maximum Gasteiger partial charge on any atom is 0.220 e. The Bertz CT molecular complexity index is 452. The lowest BCUT2D eigenvalue weighted by Crippen LogP contribution is -2.25. The van der Waals surface area contributed by atoms with Gasteiger partial charge >= 0.3 is 0 Å². The highest BCUT2D eigenvalue weighted by molar-refractivity contribution is 5.98. The molecule has 1 amide bonds. The summed E-state index contributed by atoms with van der Waals surface area (Å²) in [5, 5.41) is 2.84. The minimum Gasteiger partial charge on any atom is -0.494 e. The smallest absolute Gasteiger partial charge is 0.220 e. The molecule has 0 spiro atoms. The Kier molecular flexibility index (Phi) is 7.51. The highest BCUT2D eigenvalue weighted by Crippen LogP contribution is 2.14. The molecule has 0 saturated carbocycles. The zero-order chi connectivity index (χ0) is 15.7. The lowest BCUT2D eigenvalue weighted by atomic mass is 10.1. The maximum atomic E-state index is 12.0. The highest BCUT2D eigenvalue weighted by Gasteiger charge is 2.09. The summed E-state index contributed by atoms with van der Waals surface area (Å²) in [5.74, 6) is 1.24. The second-order valence-corrected chi connectivity index (χ2v) is 5.41. The predicted octanol–water partition coefficient (Wildman–Crippen LogP) is 3.21. The molecule has 4 nitrogen and oxygen atoms in total. The van der Waals surface area contributed by atoms with Crippen LogP contribution in [0.2, 0.25) is 0 Å². The fourth-order valence-electron chi connectivity index (χ4n) is 1.86. The van der Waals surface area contributed by atoms with Crippen LogP contribution in [0.1, 0.15) is 50.4 Å². The van der Waals surface area contributed by atoms with Gasteiger partial charge < -0.3 is 10.1 Å². The monoisotopic (exact) mass is 291 g/mol. The van der Waals surface area contributed by atoms with Crippen LogP contribution in [-0.2, 0) is 4.79 Å². The van der Waals surface area contributed by atoms with E-state index in [4.69, 9.17) is 4.74 Å². The van der Waals surface area contributed by atoms with E-state index in [2.05, 4.69) is 19.2 Å². The molecule has 0 fully saturated rings. The van der Waals surface area contributed by atoms with Crippen molar-refractivity contribution in [2.45, 2.75) is 40.0 Å². The number of carbonyl (C=O) groups excluding carboxylic acids is 2. The van der Waals surface area contributed by atoms with Crippen molar-refractivity contribution in [3.63, 3.8) is 0 Å². The molecule has 0 bridgehead atoms. The number of carbonyl (C=O) groups is 2. The molecule has 1 rings (SSSR count). The fraction of sp³-hybridized carbons (Fsp3) is 0.529. The molecule has 0 unspecified atom stereocenters. The quantitative estimate of drug-likeness (QED) is 0.711. The van der Waals surface area contributed by atoms with Crippen LogP contribution in [0.5, 0.6) is 5.75 Å². The Balaban J connectivity index is 2.34. The molecule has 0 saturated heterocycles. The number of ether oxygens (including phenoxy) is 1. The van der Waals surface area contributed by atoms with Gasteiger partial charge in [0, 0.05) is 24.9 Å². The van der Waals surface area contributed by atoms with Gasteiger partial charge in [-0.25, -0.2) is 0 Å². The van der Waals surface area contributed by atoms with Gasteiger partial charge in [0.2, 0.25) is 5.91 Å². The first-order chi connectivity index (χ1) is 10.0. The third kappa shape index (κ3) is 6.93. The van der Waals surface area contributed by atoms with Crippen molar-refractivity contribution in [3.05, 3.63) is 29.8 Å². The van der Waals surface area contributed by atoms with Gasteiger partial charge in [-0.3, -0.25) is 9.59 Å². The van der Waals surface area contributed by atoms with E-state index in [1.165, 1.54) is 0 Å². The van der Waals surface area contributed by atoms with Gasteiger partial charge in [-0.05, 0) is 43.5 Å². The van der Waals surface area contributed by atoms with Crippen LogP contribution in [0.3, 0.4) is 0 Å². The van der Waals surface area contributed by atoms with E-state index in [9.17, 15) is 9.59 Å². The van der Waals surface area contributed by atoms with E-state index in [1.54, 1.807) is 24.3 Å². The Morgan fingerprint density at radius 1 is 1.14 bits per heavy atom. The van der Waals surface area contributed by atoms with E-state index in [0.29, 0.717) is 24.6 Å². The number of nitrogens with one attached hydrogen (secondary N) is 1. The van der Waals surface area contributed by atoms with Crippen molar-refractivity contribution in [2.75, 3.05) is 13.2 Å². The van der Waals surface area contributed by atoms with Gasteiger partial charge in [0.15, 0.2) is 5.78 Å². The van der Waals surface area contributed by atoms with E-state index in [0.717, 1.165) is 12.2 Å². The number of hydrogen-bond acceptors (Lipinski definition) is 3. The third-order valence-corrected chi connectivity index (χ3v) is 3.11. The van der Waals surface area contributed by atoms with Gasteiger partial charge in [-0.15, -0.1) is 0 Å². The van der Waals surface area contributed by atoms with E-state index >= 15 is 0 Å². The SMILES string of the molecule is CCOc1ccc(C(=O)CCC(=O)NCCC(C)C)cc1. The standard InChI is InChI=1S/C17H25NO3/c1-4-21-15-7-5-14(6-8-15)16(19)9-10-17(20)18-12-11-13(2)3/h5-8,13H,4,9-12H2,1-3H3,(H,18,20). The molecule has 21 heavy (non-hydrogen) atoms. The number of Topliss-reactive ketones (excluding diaryl/α,β-unsaturated/α-hetero) is 1. The van der Waals surface area contributed by atoms with Crippen molar-refractivity contribution in [1.29, 1.82) is 0 Å². The molecule has 0 aliphatic rings. The maximum absolute atomic E-state index is 12.0. The lowest BCUT2D eigenvalue weighted by molar-refractivity contribution is -0.121. The summed E-state index contributed by atoms with van der Waals surface area (Å²) >= 11 is 0. The molecule has 1 aromatic rings. The third-order valence-electron chi connectivity index (χ3n) is 3.11. The molecular formula is C17H25NO3. The lowest BCUT2D eigenvalue weighted by Gasteiger charge is -2.07. The Morgan fingerprint density at radius 3 is 2.38 bits per heavy atom. The predicted molar refractivity (Wildman–Crippen MR) is 83.6 cm³/mol.